The predicted molar refractivity (Wildman–Crippen MR) is 65.5 cm³/mol. The van der Waals surface area contributed by atoms with E-state index in [9.17, 15) is 13.6 Å². The minimum absolute atomic E-state index is 0.128. The lowest BCUT2D eigenvalue weighted by Gasteiger charge is -2.01. The van der Waals surface area contributed by atoms with Gasteiger partial charge in [-0.1, -0.05) is 5.10 Å². The predicted octanol–water partition coefficient (Wildman–Crippen LogP) is 2.55. The van der Waals surface area contributed by atoms with Crippen LogP contribution in [0, 0.1) is 23.0 Å². The Balaban J connectivity index is 2.23. The first-order valence-corrected chi connectivity index (χ1v) is 6.44. The molecule has 0 spiro atoms. The number of esters is 1. The Hall–Kier alpha value is -2.47. The van der Waals surface area contributed by atoms with Gasteiger partial charge in [0.2, 0.25) is 0 Å². The third-order valence-corrected chi connectivity index (χ3v) is 3.11. The molecule has 0 amide bonds. The molecule has 0 aliphatic rings. The molecule has 0 unspecified atom stereocenters. The highest BCUT2D eigenvalue weighted by Gasteiger charge is 2.20. The third-order valence-electron chi connectivity index (χ3n) is 2.17. The topological polar surface area (TPSA) is 89.0 Å². The highest BCUT2D eigenvalue weighted by atomic mass is 32.2. The van der Waals surface area contributed by atoms with Crippen LogP contribution < -0.4 is 0 Å². The molecule has 0 saturated heterocycles. The molecule has 2 aromatic rings. The van der Waals surface area contributed by atoms with Crippen molar-refractivity contribution >= 4 is 17.7 Å². The zero-order valence-electron chi connectivity index (χ0n) is 10.6. The molecule has 1 aromatic heterocycles. The molecule has 108 valence electrons. The van der Waals surface area contributed by atoms with E-state index in [-0.39, 0.29) is 17.4 Å². The Bertz CT molecular complexity index is 704. The second-order valence-corrected chi connectivity index (χ2v) is 4.54. The maximum Gasteiger partial charge on any atom is 0.396 e. The van der Waals surface area contributed by atoms with Crippen molar-refractivity contribution in [2.75, 3.05) is 6.61 Å². The summed E-state index contributed by atoms with van der Waals surface area (Å²) in [5.41, 5.74) is -0.146. The van der Waals surface area contributed by atoms with Crippen molar-refractivity contribution in [3.05, 3.63) is 35.2 Å². The van der Waals surface area contributed by atoms with Gasteiger partial charge in [-0.05, 0) is 30.8 Å². The first-order chi connectivity index (χ1) is 10.0. The first-order valence-electron chi connectivity index (χ1n) is 5.62. The molecular formula is C12H7F2N3O3S. The number of nitrogens with zero attached hydrogens (tertiary/aromatic N) is 3. The van der Waals surface area contributed by atoms with Crippen molar-refractivity contribution in [1.82, 2.24) is 10.2 Å². The summed E-state index contributed by atoms with van der Waals surface area (Å²) in [5, 5.41) is 15.3. The van der Waals surface area contributed by atoms with Crippen LogP contribution in [-0.2, 0) is 4.74 Å². The molecule has 21 heavy (non-hydrogen) atoms. The average molecular weight is 311 g/mol. The SMILES string of the molecule is CCOC(=O)c1nnc(Sc2c(F)cc(C#N)cc2F)o1. The molecule has 6 nitrogen and oxygen atoms in total. The number of hydrogen-bond donors (Lipinski definition) is 0. The van der Waals surface area contributed by atoms with Crippen molar-refractivity contribution < 1.29 is 22.7 Å². The molecule has 0 atom stereocenters. The van der Waals surface area contributed by atoms with Gasteiger partial charge in [0.1, 0.15) is 11.6 Å². The van der Waals surface area contributed by atoms with E-state index >= 15 is 0 Å². The molecule has 0 aliphatic carbocycles. The molecule has 0 bridgehead atoms. The molecule has 0 fully saturated rings. The number of rotatable bonds is 4. The molecule has 0 aliphatic heterocycles. The lowest BCUT2D eigenvalue weighted by atomic mass is 10.2. The van der Waals surface area contributed by atoms with E-state index in [4.69, 9.17) is 9.68 Å². The average Bonchev–Trinajstić information content (AvgIpc) is 2.91. The number of hydrogen-bond acceptors (Lipinski definition) is 7. The van der Waals surface area contributed by atoms with Crippen molar-refractivity contribution in [2.24, 2.45) is 0 Å². The minimum atomic E-state index is -0.938. The normalized spacial score (nSPS) is 10.2. The van der Waals surface area contributed by atoms with Crippen molar-refractivity contribution in [3.8, 4) is 6.07 Å². The van der Waals surface area contributed by atoms with Gasteiger partial charge in [0.05, 0.1) is 23.1 Å². The Morgan fingerprint density at radius 1 is 1.43 bits per heavy atom. The van der Waals surface area contributed by atoms with E-state index in [0.717, 1.165) is 12.1 Å². The van der Waals surface area contributed by atoms with Gasteiger partial charge in [0.25, 0.3) is 5.22 Å². The second-order valence-electron chi connectivity index (χ2n) is 3.58. The third kappa shape index (κ3) is 3.35. The van der Waals surface area contributed by atoms with Gasteiger partial charge in [0.15, 0.2) is 0 Å². The number of aromatic nitrogens is 2. The Morgan fingerprint density at radius 3 is 2.67 bits per heavy atom. The lowest BCUT2D eigenvalue weighted by Crippen LogP contribution is -2.04. The van der Waals surface area contributed by atoms with Crippen molar-refractivity contribution in [3.63, 3.8) is 0 Å². The Morgan fingerprint density at radius 2 is 2.10 bits per heavy atom. The van der Waals surface area contributed by atoms with E-state index in [2.05, 4.69) is 14.9 Å². The summed E-state index contributed by atoms with van der Waals surface area (Å²) >= 11 is 0.509. The zero-order chi connectivity index (χ0) is 15.4. The van der Waals surface area contributed by atoms with Crippen molar-refractivity contribution in [1.29, 1.82) is 5.26 Å². The largest absolute Gasteiger partial charge is 0.459 e. The molecule has 0 saturated carbocycles. The molecule has 1 heterocycles. The first kappa shape index (κ1) is 14.9. The lowest BCUT2D eigenvalue weighted by molar-refractivity contribution is 0.0475. The number of halogens is 2. The molecular weight excluding hydrogens is 304 g/mol. The van der Waals surface area contributed by atoms with E-state index < -0.39 is 28.4 Å². The van der Waals surface area contributed by atoms with Gasteiger partial charge < -0.3 is 9.15 Å². The van der Waals surface area contributed by atoms with E-state index in [1.165, 1.54) is 0 Å². The van der Waals surface area contributed by atoms with Gasteiger partial charge in [-0.3, -0.25) is 0 Å². The fourth-order valence-electron chi connectivity index (χ4n) is 1.34. The maximum atomic E-state index is 13.7. The number of benzene rings is 1. The molecule has 0 radical (unpaired) electrons. The summed E-state index contributed by atoms with van der Waals surface area (Å²) < 4.78 is 36.9. The van der Waals surface area contributed by atoms with Crippen LogP contribution in [-0.4, -0.2) is 22.8 Å². The number of ether oxygens (including phenoxy) is 1. The molecule has 9 heteroatoms. The highest BCUT2D eigenvalue weighted by Crippen LogP contribution is 2.31. The van der Waals surface area contributed by atoms with Gasteiger partial charge in [-0.2, -0.15) is 5.26 Å². The van der Waals surface area contributed by atoms with Crippen molar-refractivity contribution in [2.45, 2.75) is 17.0 Å². The van der Waals surface area contributed by atoms with Crippen LogP contribution in [0.1, 0.15) is 23.2 Å². The van der Waals surface area contributed by atoms with E-state index in [1.807, 2.05) is 0 Å². The quantitative estimate of drug-likeness (QED) is 0.801. The number of carbonyl (C=O) groups is 1. The van der Waals surface area contributed by atoms with E-state index in [1.54, 1.807) is 13.0 Å². The number of carbonyl (C=O) groups excluding carboxylic acids is 1. The monoisotopic (exact) mass is 311 g/mol. The molecule has 0 N–H and O–H groups in total. The smallest absolute Gasteiger partial charge is 0.396 e. The summed E-state index contributed by atoms with van der Waals surface area (Å²) in [6.45, 7) is 1.73. The Labute approximate surface area is 121 Å². The Kier molecular flexibility index (Phi) is 4.49. The van der Waals surface area contributed by atoms with Crippen LogP contribution in [0.25, 0.3) is 0 Å². The van der Waals surface area contributed by atoms with Crippen LogP contribution in [0.4, 0.5) is 8.78 Å². The summed E-state index contributed by atoms with van der Waals surface area (Å²) in [6.07, 6.45) is 0. The van der Waals surface area contributed by atoms with Gasteiger partial charge >= 0.3 is 11.9 Å². The minimum Gasteiger partial charge on any atom is -0.459 e. The summed E-state index contributed by atoms with van der Waals surface area (Å²) in [7, 11) is 0. The van der Waals surface area contributed by atoms with Crippen LogP contribution in [0.2, 0.25) is 0 Å². The molecule has 1 aromatic carbocycles. The summed E-state index contributed by atoms with van der Waals surface area (Å²) in [5.74, 6) is -3.11. The van der Waals surface area contributed by atoms with Gasteiger partial charge in [-0.15, -0.1) is 5.10 Å². The fourth-order valence-corrected chi connectivity index (χ4v) is 2.03. The maximum absolute atomic E-state index is 13.7. The standard InChI is InChI=1S/C12H7F2N3O3S/c1-2-19-11(18)10-16-17-12(20-10)21-9-7(13)3-6(5-15)4-8(9)14/h3-4H,2H2,1H3. The van der Waals surface area contributed by atoms with Crippen LogP contribution in [0.15, 0.2) is 26.7 Å². The fraction of sp³-hybridized carbons (Fsp3) is 0.167. The highest BCUT2D eigenvalue weighted by molar-refractivity contribution is 7.99. The van der Waals surface area contributed by atoms with Gasteiger partial charge in [-0.25, -0.2) is 13.6 Å². The summed E-state index contributed by atoms with van der Waals surface area (Å²) in [4.78, 5) is 10.9. The second kappa shape index (κ2) is 6.32. The molecule has 2 rings (SSSR count). The number of nitriles is 1. The zero-order valence-corrected chi connectivity index (χ0v) is 11.4. The van der Waals surface area contributed by atoms with Gasteiger partial charge in [0, 0.05) is 0 Å². The van der Waals surface area contributed by atoms with Crippen LogP contribution >= 0.6 is 11.8 Å². The summed E-state index contributed by atoms with van der Waals surface area (Å²) in [6, 6.07) is 3.40. The van der Waals surface area contributed by atoms with Crippen LogP contribution in [0.3, 0.4) is 0 Å². The van der Waals surface area contributed by atoms with Crippen LogP contribution in [0.5, 0.6) is 0 Å². The van der Waals surface area contributed by atoms with E-state index in [0.29, 0.717) is 11.8 Å².